The van der Waals surface area contributed by atoms with Gasteiger partial charge in [0.25, 0.3) is 0 Å². The standard InChI is InChI=1S/C14H22N2S/c1-10-13(17-3)9-16-14(10)12-6-4-11(5-7-12)8-15-2/h4-7,10,13-16H,8-9H2,1-3H3. The zero-order valence-electron chi connectivity index (χ0n) is 10.9. The summed E-state index contributed by atoms with van der Waals surface area (Å²) in [5, 5.41) is 7.56. The summed E-state index contributed by atoms with van der Waals surface area (Å²) in [6.45, 7) is 4.43. The number of thioether (sulfide) groups is 1. The third-order valence-electron chi connectivity index (χ3n) is 3.67. The molecule has 3 atom stereocenters. The maximum absolute atomic E-state index is 3.64. The van der Waals surface area contributed by atoms with Gasteiger partial charge in [-0.2, -0.15) is 11.8 Å². The van der Waals surface area contributed by atoms with Gasteiger partial charge in [-0.3, -0.25) is 0 Å². The number of nitrogens with one attached hydrogen (secondary N) is 2. The first-order chi connectivity index (χ1) is 8.26. The normalized spacial score (nSPS) is 28.5. The molecule has 1 aliphatic rings. The Labute approximate surface area is 109 Å². The molecule has 0 amide bonds. The Hall–Kier alpha value is -0.510. The van der Waals surface area contributed by atoms with Gasteiger partial charge in [0.05, 0.1) is 0 Å². The van der Waals surface area contributed by atoms with Crippen molar-refractivity contribution in [3.8, 4) is 0 Å². The van der Waals surface area contributed by atoms with E-state index in [0.29, 0.717) is 12.0 Å². The summed E-state index contributed by atoms with van der Waals surface area (Å²) in [5.74, 6) is 0.708. The predicted octanol–water partition coefficient (Wildman–Crippen LogP) is 2.42. The van der Waals surface area contributed by atoms with E-state index >= 15 is 0 Å². The Bertz CT molecular complexity index is 350. The summed E-state index contributed by atoms with van der Waals surface area (Å²) in [4.78, 5) is 0. The van der Waals surface area contributed by atoms with Gasteiger partial charge in [0.15, 0.2) is 0 Å². The van der Waals surface area contributed by atoms with Gasteiger partial charge in [0, 0.05) is 24.4 Å². The van der Waals surface area contributed by atoms with Crippen molar-refractivity contribution in [1.82, 2.24) is 10.6 Å². The molecule has 1 aliphatic heterocycles. The molecule has 0 saturated carbocycles. The smallest absolute Gasteiger partial charge is 0.0357 e. The average molecular weight is 250 g/mol. The molecule has 0 aliphatic carbocycles. The third-order valence-corrected chi connectivity index (χ3v) is 4.88. The highest BCUT2D eigenvalue weighted by molar-refractivity contribution is 7.99. The molecule has 0 bridgehead atoms. The number of benzene rings is 1. The molecule has 2 N–H and O–H groups in total. The molecule has 1 heterocycles. The fourth-order valence-corrected chi connectivity index (χ4v) is 3.45. The van der Waals surface area contributed by atoms with Gasteiger partial charge in [-0.1, -0.05) is 31.2 Å². The van der Waals surface area contributed by atoms with Crippen LogP contribution in [0.4, 0.5) is 0 Å². The zero-order chi connectivity index (χ0) is 12.3. The molecule has 0 aromatic heterocycles. The van der Waals surface area contributed by atoms with Crippen LogP contribution in [0.15, 0.2) is 24.3 Å². The first-order valence-corrected chi connectivity index (χ1v) is 7.54. The lowest BCUT2D eigenvalue weighted by Crippen LogP contribution is -2.16. The molecule has 0 radical (unpaired) electrons. The quantitative estimate of drug-likeness (QED) is 0.858. The average Bonchev–Trinajstić information content (AvgIpc) is 2.72. The summed E-state index contributed by atoms with van der Waals surface area (Å²) < 4.78 is 0. The fourth-order valence-electron chi connectivity index (χ4n) is 2.60. The van der Waals surface area contributed by atoms with Gasteiger partial charge in [-0.05, 0) is 30.3 Å². The molecule has 2 nitrogen and oxygen atoms in total. The van der Waals surface area contributed by atoms with Crippen LogP contribution in [0.5, 0.6) is 0 Å². The molecular formula is C14H22N2S. The molecule has 1 aromatic carbocycles. The predicted molar refractivity (Wildman–Crippen MR) is 76.4 cm³/mol. The van der Waals surface area contributed by atoms with Crippen molar-refractivity contribution in [2.45, 2.75) is 24.8 Å². The Balaban J connectivity index is 2.07. The monoisotopic (exact) mass is 250 g/mol. The van der Waals surface area contributed by atoms with Gasteiger partial charge in [-0.15, -0.1) is 0 Å². The molecule has 0 spiro atoms. The van der Waals surface area contributed by atoms with E-state index in [1.54, 1.807) is 0 Å². The van der Waals surface area contributed by atoms with Crippen molar-refractivity contribution in [2.24, 2.45) is 5.92 Å². The van der Waals surface area contributed by atoms with E-state index in [1.165, 1.54) is 11.1 Å². The highest BCUT2D eigenvalue weighted by atomic mass is 32.2. The summed E-state index contributed by atoms with van der Waals surface area (Å²) in [6.07, 6.45) is 2.21. The number of hydrogen-bond acceptors (Lipinski definition) is 3. The summed E-state index contributed by atoms with van der Waals surface area (Å²) in [6, 6.07) is 9.52. The van der Waals surface area contributed by atoms with Crippen LogP contribution in [-0.2, 0) is 6.54 Å². The summed E-state index contributed by atoms with van der Waals surface area (Å²) in [5.41, 5.74) is 2.78. The highest BCUT2D eigenvalue weighted by Crippen LogP contribution is 2.34. The Kier molecular flexibility index (Phi) is 4.48. The zero-order valence-corrected chi connectivity index (χ0v) is 11.7. The van der Waals surface area contributed by atoms with Gasteiger partial charge < -0.3 is 10.6 Å². The van der Waals surface area contributed by atoms with Crippen molar-refractivity contribution in [2.75, 3.05) is 19.8 Å². The minimum absolute atomic E-state index is 0.524. The van der Waals surface area contributed by atoms with Crippen LogP contribution in [0.3, 0.4) is 0 Å². The molecule has 3 unspecified atom stereocenters. The molecule has 3 heteroatoms. The summed E-state index contributed by atoms with van der Waals surface area (Å²) in [7, 11) is 1.98. The van der Waals surface area contributed by atoms with Crippen molar-refractivity contribution in [3.05, 3.63) is 35.4 Å². The topological polar surface area (TPSA) is 24.1 Å². The minimum Gasteiger partial charge on any atom is -0.316 e. The van der Waals surface area contributed by atoms with Crippen LogP contribution in [0, 0.1) is 5.92 Å². The van der Waals surface area contributed by atoms with Crippen LogP contribution in [0.25, 0.3) is 0 Å². The molecular weight excluding hydrogens is 228 g/mol. The fraction of sp³-hybridized carbons (Fsp3) is 0.571. The SMILES string of the molecule is CNCc1ccc(C2NCC(SC)C2C)cc1. The van der Waals surface area contributed by atoms with Crippen LogP contribution < -0.4 is 10.6 Å². The molecule has 2 rings (SSSR count). The van der Waals surface area contributed by atoms with E-state index in [2.05, 4.69) is 48.1 Å². The lowest BCUT2D eigenvalue weighted by atomic mass is 9.95. The van der Waals surface area contributed by atoms with E-state index in [-0.39, 0.29) is 0 Å². The second-order valence-electron chi connectivity index (χ2n) is 4.79. The van der Waals surface area contributed by atoms with Crippen molar-refractivity contribution >= 4 is 11.8 Å². The molecule has 1 saturated heterocycles. The second-order valence-corrected chi connectivity index (χ2v) is 5.87. The van der Waals surface area contributed by atoms with E-state index in [0.717, 1.165) is 18.3 Å². The van der Waals surface area contributed by atoms with Crippen LogP contribution in [0.2, 0.25) is 0 Å². The van der Waals surface area contributed by atoms with E-state index in [4.69, 9.17) is 0 Å². The lowest BCUT2D eigenvalue weighted by molar-refractivity contribution is 0.509. The first-order valence-electron chi connectivity index (χ1n) is 6.26. The maximum Gasteiger partial charge on any atom is 0.0357 e. The first kappa shape index (κ1) is 12.9. The lowest BCUT2D eigenvalue weighted by Gasteiger charge is -2.19. The minimum atomic E-state index is 0.524. The Morgan fingerprint density at radius 1 is 1.35 bits per heavy atom. The summed E-state index contributed by atoms with van der Waals surface area (Å²) >= 11 is 1.98. The Morgan fingerprint density at radius 2 is 2.06 bits per heavy atom. The molecule has 17 heavy (non-hydrogen) atoms. The third kappa shape index (κ3) is 2.84. The van der Waals surface area contributed by atoms with Crippen LogP contribution >= 0.6 is 11.8 Å². The van der Waals surface area contributed by atoms with Gasteiger partial charge >= 0.3 is 0 Å². The second kappa shape index (κ2) is 5.89. The Morgan fingerprint density at radius 3 is 2.59 bits per heavy atom. The maximum atomic E-state index is 3.64. The highest BCUT2D eigenvalue weighted by Gasteiger charge is 2.32. The largest absolute Gasteiger partial charge is 0.316 e. The van der Waals surface area contributed by atoms with Gasteiger partial charge in [0.1, 0.15) is 0 Å². The molecule has 1 aromatic rings. The van der Waals surface area contributed by atoms with E-state index < -0.39 is 0 Å². The molecule has 94 valence electrons. The molecule has 1 fully saturated rings. The van der Waals surface area contributed by atoms with Crippen molar-refractivity contribution < 1.29 is 0 Å². The number of hydrogen-bond donors (Lipinski definition) is 2. The van der Waals surface area contributed by atoms with Crippen LogP contribution in [0.1, 0.15) is 24.1 Å². The van der Waals surface area contributed by atoms with Crippen molar-refractivity contribution in [1.29, 1.82) is 0 Å². The van der Waals surface area contributed by atoms with E-state index in [9.17, 15) is 0 Å². The number of rotatable bonds is 4. The van der Waals surface area contributed by atoms with Gasteiger partial charge in [0.2, 0.25) is 0 Å². The van der Waals surface area contributed by atoms with Gasteiger partial charge in [-0.25, -0.2) is 0 Å². The van der Waals surface area contributed by atoms with Crippen molar-refractivity contribution in [3.63, 3.8) is 0 Å². The van der Waals surface area contributed by atoms with Crippen LogP contribution in [-0.4, -0.2) is 25.1 Å². The van der Waals surface area contributed by atoms with E-state index in [1.807, 2.05) is 18.8 Å².